The maximum absolute atomic E-state index is 13.8. The third-order valence-electron chi connectivity index (χ3n) is 4.30. The van der Waals surface area contributed by atoms with Crippen LogP contribution in [0, 0.1) is 12.7 Å². The van der Waals surface area contributed by atoms with Crippen molar-refractivity contribution in [3.05, 3.63) is 42.0 Å². The Hall–Kier alpha value is -2.47. The highest BCUT2D eigenvalue weighted by atomic mass is 19.1. The standard InChI is InChI=1S/C17H18FN5/c1-11-2-3-12(8-13(11)18)14-9-15-16(22-14)17(21-10-20-15)23-6-4-19-5-7-23/h2-3,8-10,19,22H,4-7H2,1H3. The van der Waals surface area contributed by atoms with E-state index in [1.807, 2.05) is 12.1 Å². The summed E-state index contributed by atoms with van der Waals surface area (Å²) in [6.07, 6.45) is 1.59. The second-order valence-electron chi connectivity index (χ2n) is 5.84. The van der Waals surface area contributed by atoms with E-state index in [4.69, 9.17) is 0 Å². The van der Waals surface area contributed by atoms with Crippen molar-refractivity contribution >= 4 is 16.9 Å². The maximum Gasteiger partial charge on any atom is 0.156 e. The van der Waals surface area contributed by atoms with Crippen molar-refractivity contribution in [2.24, 2.45) is 0 Å². The topological polar surface area (TPSA) is 56.8 Å². The third kappa shape index (κ3) is 2.55. The van der Waals surface area contributed by atoms with Crippen molar-refractivity contribution in [1.29, 1.82) is 0 Å². The number of aromatic nitrogens is 3. The zero-order valence-corrected chi connectivity index (χ0v) is 12.9. The molecule has 6 heteroatoms. The lowest BCUT2D eigenvalue weighted by Gasteiger charge is -2.28. The molecule has 118 valence electrons. The Bertz CT molecular complexity index is 851. The number of nitrogens with one attached hydrogen (secondary N) is 2. The largest absolute Gasteiger partial charge is 0.352 e. The van der Waals surface area contributed by atoms with Gasteiger partial charge in [-0.3, -0.25) is 0 Å². The zero-order valence-electron chi connectivity index (χ0n) is 12.9. The van der Waals surface area contributed by atoms with Crippen molar-refractivity contribution in [3.63, 3.8) is 0 Å². The number of fused-ring (bicyclic) bond motifs is 1. The predicted octanol–water partition coefficient (Wildman–Crippen LogP) is 2.48. The Labute approximate surface area is 133 Å². The molecule has 3 aromatic rings. The van der Waals surface area contributed by atoms with Crippen LogP contribution in [-0.4, -0.2) is 41.1 Å². The Morgan fingerprint density at radius 1 is 1.13 bits per heavy atom. The van der Waals surface area contributed by atoms with E-state index in [-0.39, 0.29) is 5.82 Å². The Morgan fingerprint density at radius 3 is 2.74 bits per heavy atom. The summed E-state index contributed by atoms with van der Waals surface area (Å²) in [5, 5.41) is 3.34. The van der Waals surface area contributed by atoms with E-state index < -0.39 is 0 Å². The van der Waals surface area contributed by atoms with E-state index in [0.29, 0.717) is 5.56 Å². The fourth-order valence-corrected chi connectivity index (χ4v) is 2.96. The van der Waals surface area contributed by atoms with Gasteiger partial charge in [0, 0.05) is 37.4 Å². The lowest BCUT2D eigenvalue weighted by Crippen LogP contribution is -2.44. The first-order valence-corrected chi connectivity index (χ1v) is 7.78. The number of rotatable bonds is 2. The molecule has 0 spiro atoms. The lowest BCUT2D eigenvalue weighted by molar-refractivity contribution is 0.586. The second kappa shape index (κ2) is 5.62. The molecule has 0 unspecified atom stereocenters. The Morgan fingerprint density at radius 2 is 1.96 bits per heavy atom. The first-order valence-electron chi connectivity index (χ1n) is 7.78. The van der Waals surface area contributed by atoms with E-state index in [1.165, 1.54) is 0 Å². The molecule has 1 saturated heterocycles. The van der Waals surface area contributed by atoms with Gasteiger partial charge in [0.15, 0.2) is 5.82 Å². The predicted molar refractivity (Wildman–Crippen MR) is 89.1 cm³/mol. The maximum atomic E-state index is 13.8. The van der Waals surface area contributed by atoms with Crippen molar-refractivity contribution in [3.8, 4) is 11.3 Å². The van der Waals surface area contributed by atoms with Crippen LogP contribution in [-0.2, 0) is 0 Å². The number of anilines is 1. The van der Waals surface area contributed by atoms with Crippen LogP contribution in [0.5, 0.6) is 0 Å². The highest BCUT2D eigenvalue weighted by Crippen LogP contribution is 2.28. The monoisotopic (exact) mass is 311 g/mol. The average Bonchev–Trinajstić information content (AvgIpc) is 3.02. The van der Waals surface area contributed by atoms with Gasteiger partial charge in [0.1, 0.15) is 17.7 Å². The molecule has 4 rings (SSSR count). The third-order valence-corrected chi connectivity index (χ3v) is 4.30. The zero-order chi connectivity index (χ0) is 15.8. The summed E-state index contributed by atoms with van der Waals surface area (Å²) in [4.78, 5) is 14.4. The molecule has 0 radical (unpaired) electrons. The van der Waals surface area contributed by atoms with Crippen molar-refractivity contribution in [2.45, 2.75) is 6.92 Å². The highest BCUT2D eigenvalue weighted by molar-refractivity contribution is 5.90. The number of benzene rings is 1. The number of hydrogen-bond donors (Lipinski definition) is 2. The van der Waals surface area contributed by atoms with Gasteiger partial charge < -0.3 is 15.2 Å². The van der Waals surface area contributed by atoms with Gasteiger partial charge in [0.05, 0.1) is 5.52 Å². The number of hydrogen-bond acceptors (Lipinski definition) is 4. The van der Waals surface area contributed by atoms with Crippen molar-refractivity contribution in [1.82, 2.24) is 20.3 Å². The smallest absolute Gasteiger partial charge is 0.156 e. The van der Waals surface area contributed by atoms with Gasteiger partial charge in [-0.15, -0.1) is 0 Å². The van der Waals surface area contributed by atoms with Crippen LogP contribution < -0.4 is 10.2 Å². The van der Waals surface area contributed by atoms with Gasteiger partial charge in [-0.1, -0.05) is 12.1 Å². The molecule has 3 heterocycles. The van der Waals surface area contributed by atoms with Crippen LogP contribution >= 0.6 is 0 Å². The SMILES string of the molecule is Cc1ccc(-c2cc3ncnc(N4CCNCC4)c3[nH]2)cc1F. The fourth-order valence-electron chi connectivity index (χ4n) is 2.96. The number of piperazine rings is 1. The normalized spacial score (nSPS) is 15.3. The molecule has 0 amide bonds. The Balaban J connectivity index is 1.79. The van der Waals surface area contributed by atoms with Crippen LogP contribution in [0.4, 0.5) is 10.2 Å². The fraction of sp³-hybridized carbons (Fsp3) is 0.294. The van der Waals surface area contributed by atoms with Gasteiger partial charge in [-0.25, -0.2) is 14.4 Å². The number of aromatic amines is 1. The highest BCUT2D eigenvalue weighted by Gasteiger charge is 2.17. The molecule has 1 aliphatic rings. The molecule has 23 heavy (non-hydrogen) atoms. The minimum absolute atomic E-state index is 0.199. The van der Waals surface area contributed by atoms with Crippen LogP contribution in [0.2, 0.25) is 0 Å². The van der Waals surface area contributed by atoms with E-state index in [9.17, 15) is 4.39 Å². The molecule has 2 N–H and O–H groups in total. The summed E-state index contributed by atoms with van der Waals surface area (Å²) in [6.45, 7) is 5.49. The first-order chi connectivity index (χ1) is 11.2. The molecule has 5 nitrogen and oxygen atoms in total. The summed E-state index contributed by atoms with van der Waals surface area (Å²) < 4.78 is 13.8. The molecule has 0 bridgehead atoms. The second-order valence-corrected chi connectivity index (χ2v) is 5.84. The molecule has 0 aliphatic carbocycles. The van der Waals surface area contributed by atoms with Gasteiger partial charge >= 0.3 is 0 Å². The van der Waals surface area contributed by atoms with Gasteiger partial charge in [-0.2, -0.15) is 0 Å². The van der Waals surface area contributed by atoms with Crippen LogP contribution in [0.15, 0.2) is 30.6 Å². The molecule has 2 aromatic heterocycles. The van der Waals surface area contributed by atoms with E-state index >= 15 is 0 Å². The van der Waals surface area contributed by atoms with E-state index in [2.05, 4.69) is 25.2 Å². The summed E-state index contributed by atoms with van der Waals surface area (Å²) in [6, 6.07) is 7.21. The van der Waals surface area contributed by atoms with Crippen LogP contribution in [0.1, 0.15) is 5.56 Å². The summed E-state index contributed by atoms with van der Waals surface area (Å²) in [7, 11) is 0. The summed E-state index contributed by atoms with van der Waals surface area (Å²) in [5.41, 5.74) is 4.08. The quantitative estimate of drug-likeness (QED) is 0.763. The molecule has 0 atom stereocenters. The molecule has 1 fully saturated rings. The first kappa shape index (κ1) is 14.1. The van der Waals surface area contributed by atoms with Gasteiger partial charge in [0.2, 0.25) is 0 Å². The van der Waals surface area contributed by atoms with Crippen LogP contribution in [0.3, 0.4) is 0 Å². The molecule has 1 aromatic carbocycles. The lowest BCUT2D eigenvalue weighted by atomic mass is 10.1. The van der Waals surface area contributed by atoms with Crippen LogP contribution in [0.25, 0.3) is 22.3 Å². The summed E-state index contributed by atoms with van der Waals surface area (Å²) >= 11 is 0. The van der Waals surface area contributed by atoms with Crippen molar-refractivity contribution in [2.75, 3.05) is 31.1 Å². The molecule has 0 saturated carbocycles. The van der Waals surface area contributed by atoms with E-state index in [1.54, 1.807) is 25.4 Å². The molecule has 1 aliphatic heterocycles. The minimum Gasteiger partial charge on any atom is -0.352 e. The number of aryl methyl sites for hydroxylation is 1. The number of nitrogens with zero attached hydrogens (tertiary/aromatic N) is 3. The minimum atomic E-state index is -0.199. The molecular formula is C17H18FN5. The van der Waals surface area contributed by atoms with E-state index in [0.717, 1.165) is 54.3 Å². The van der Waals surface area contributed by atoms with Gasteiger partial charge in [-0.05, 0) is 24.6 Å². The van der Waals surface area contributed by atoms with Gasteiger partial charge in [0.25, 0.3) is 0 Å². The van der Waals surface area contributed by atoms with Crippen molar-refractivity contribution < 1.29 is 4.39 Å². The number of halogens is 1. The Kier molecular flexibility index (Phi) is 3.46. The number of H-pyrrole nitrogens is 1. The molecular weight excluding hydrogens is 293 g/mol. The summed E-state index contributed by atoms with van der Waals surface area (Å²) in [5.74, 6) is 0.713. The average molecular weight is 311 g/mol.